The van der Waals surface area contributed by atoms with E-state index in [1.165, 1.54) is 18.2 Å². The smallest absolute Gasteiger partial charge is 0.340 e. The Balaban J connectivity index is 2.08. The molecule has 0 spiro atoms. The minimum absolute atomic E-state index is 0.0120. The lowest BCUT2D eigenvalue weighted by atomic mass is 10.2. The molecule has 0 bridgehead atoms. The molecule has 0 saturated carbocycles. The highest BCUT2D eigenvalue weighted by molar-refractivity contribution is 6.33. The Morgan fingerprint density at radius 2 is 2.10 bits per heavy atom. The minimum Gasteiger partial charge on any atom is -0.454 e. The van der Waals surface area contributed by atoms with Gasteiger partial charge < -0.3 is 9.72 Å². The fourth-order valence-corrected chi connectivity index (χ4v) is 1.77. The van der Waals surface area contributed by atoms with Crippen LogP contribution in [-0.4, -0.2) is 28.3 Å². The number of carbonyl (C=O) groups is 2. The molecule has 2 aromatic rings. The SMILES string of the molecule is O=C(COC(=O)c1cc([N+](=O)[O-])ccc1Cl)c1ccc[nH]1. The largest absolute Gasteiger partial charge is 0.454 e. The average Bonchev–Trinajstić information content (AvgIpc) is 2.98. The van der Waals surface area contributed by atoms with Crippen LogP contribution in [0.5, 0.6) is 0 Å². The van der Waals surface area contributed by atoms with Gasteiger partial charge in [-0.2, -0.15) is 0 Å². The van der Waals surface area contributed by atoms with Crippen LogP contribution in [0.1, 0.15) is 20.8 Å². The Bertz CT molecular complexity index is 697. The second-order valence-electron chi connectivity index (χ2n) is 4.00. The number of ketones is 1. The van der Waals surface area contributed by atoms with Crippen LogP contribution in [0.25, 0.3) is 0 Å². The summed E-state index contributed by atoms with van der Waals surface area (Å²) in [6.45, 7) is -0.488. The quantitative estimate of drug-likeness (QED) is 0.396. The number of benzene rings is 1. The number of Topliss-reactive ketones (excluding diaryl/α,β-unsaturated/α-hetero) is 1. The molecule has 8 heteroatoms. The molecule has 0 amide bonds. The van der Waals surface area contributed by atoms with Crippen LogP contribution < -0.4 is 0 Å². The molecule has 0 unspecified atom stereocenters. The van der Waals surface area contributed by atoms with E-state index in [2.05, 4.69) is 4.98 Å². The minimum atomic E-state index is -0.899. The normalized spacial score (nSPS) is 10.1. The second kappa shape index (κ2) is 6.19. The third-order valence-electron chi connectivity index (χ3n) is 2.61. The monoisotopic (exact) mass is 308 g/mol. The number of hydrogen-bond acceptors (Lipinski definition) is 5. The third kappa shape index (κ3) is 3.46. The predicted molar refractivity (Wildman–Crippen MR) is 73.5 cm³/mol. The van der Waals surface area contributed by atoms with E-state index in [0.29, 0.717) is 5.69 Å². The van der Waals surface area contributed by atoms with E-state index in [9.17, 15) is 19.7 Å². The molecule has 0 aliphatic carbocycles. The van der Waals surface area contributed by atoms with Gasteiger partial charge in [-0.1, -0.05) is 11.6 Å². The van der Waals surface area contributed by atoms with Crippen molar-refractivity contribution in [1.29, 1.82) is 0 Å². The first-order chi connectivity index (χ1) is 9.99. The van der Waals surface area contributed by atoms with Crippen molar-refractivity contribution in [2.24, 2.45) is 0 Å². The van der Waals surface area contributed by atoms with Crippen molar-refractivity contribution in [3.63, 3.8) is 0 Å². The number of rotatable bonds is 5. The number of hydrogen-bond donors (Lipinski definition) is 1. The van der Waals surface area contributed by atoms with Crippen LogP contribution in [-0.2, 0) is 4.74 Å². The van der Waals surface area contributed by atoms with E-state index in [0.717, 1.165) is 6.07 Å². The third-order valence-corrected chi connectivity index (χ3v) is 2.94. The van der Waals surface area contributed by atoms with Gasteiger partial charge >= 0.3 is 5.97 Å². The van der Waals surface area contributed by atoms with E-state index in [1.807, 2.05) is 0 Å². The number of H-pyrrole nitrogens is 1. The summed E-state index contributed by atoms with van der Waals surface area (Å²) in [6, 6.07) is 6.57. The molecule has 1 N–H and O–H groups in total. The van der Waals surface area contributed by atoms with Gasteiger partial charge in [0, 0.05) is 18.3 Å². The van der Waals surface area contributed by atoms with Crippen molar-refractivity contribution in [2.75, 3.05) is 6.61 Å². The van der Waals surface area contributed by atoms with Gasteiger partial charge in [-0.3, -0.25) is 14.9 Å². The highest BCUT2D eigenvalue weighted by atomic mass is 35.5. The van der Waals surface area contributed by atoms with Gasteiger partial charge in [0.1, 0.15) is 0 Å². The maximum Gasteiger partial charge on any atom is 0.340 e. The summed E-state index contributed by atoms with van der Waals surface area (Å²) in [7, 11) is 0. The highest BCUT2D eigenvalue weighted by Gasteiger charge is 2.18. The van der Waals surface area contributed by atoms with E-state index in [4.69, 9.17) is 16.3 Å². The molecule has 0 aliphatic heterocycles. The maximum atomic E-state index is 11.8. The molecular weight excluding hydrogens is 300 g/mol. The van der Waals surface area contributed by atoms with Crippen LogP contribution in [0.2, 0.25) is 5.02 Å². The Labute approximate surface area is 123 Å². The zero-order valence-electron chi connectivity index (χ0n) is 10.5. The van der Waals surface area contributed by atoms with Gasteiger partial charge in [-0.25, -0.2) is 4.79 Å². The molecule has 0 radical (unpaired) electrons. The number of non-ortho nitro benzene ring substituents is 1. The molecule has 0 saturated heterocycles. The lowest BCUT2D eigenvalue weighted by Crippen LogP contribution is -2.15. The fraction of sp³-hybridized carbons (Fsp3) is 0.0769. The number of ether oxygens (including phenoxy) is 1. The number of nitrogens with one attached hydrogen (secondary N) is 1. The fourth-order valence-electron chi connectivity index (χ4n) is 1.57. The van der Waals surface area contributed by atoms with Gasteiger partial charge in [-0.05, 0) is 18.2 Å². The molecular formula is C13H9ClN2O5. The first-order valence-electron chi connectivity index (χ1n) is 5.76. The number of esters is 1. The average molecular weight is 309 g/mol. The van der Waals surface area contributed by atoms with E-state index in [1.54, 1.807) is 12.3 Å². The summed E-state index contributed by atoms with van der Waals surface area (Å²) in [5.41, 5.74) is -0.153. The van der Waals surface area contributed by atoms with Gasteiger partial charge in [0.25, 0.3) is 5.69 Å². The molecule has 1 aromatic heterocycles. The van der Waals surface area contributed by atoms with Crippen molar-refractivity contribution < 1.29 is 19.2 Å². The topological polar surface area (TPSA) is 102 Å². The van der Waals surface area contributed by atoms with Gasteiger partial charge in [0.05, 0.1) is 21.2 Å². The lowest BCUT2D eigenvalue weighted by Gasteiger charge is -2.05. The first-order valence-corrected chi connectivity index (χ1v) is 6.14. The zero-order valence-corrected chi connectivity index (χ0v) is 11.3. The molecule has 21 heavy (non-hydrogen) atoms. The van der Waals surface area contributed by atoms with E-state index < -0.39 is 23.3 Å². The number of carbonyl (C=O) groups excluding carboxylic acids is 2. The number of aromatic amines is 1. The van der Waals surface area contributed by atoms with Crippen LogP contribution >= 0.6 is 11.6 Å². The van der Waals surface area contributed by atoms with Crippen LogP contribution in [0.3, 0.4) is 0 Å². The van der Waals surface area contributed by atoms with Crippen molar-refractivity contribution in [3.8, 4) is 0 Å². The second-order valence-corrected chi connectivity index (χ2v) is 4.41. The van der Waals surface area contributed by atoms with Crippen molar-refractivity contribution >= 4 is 29.0 Å². The van der Waals surface area contributed by atoms with Gasteiger partial charge in [0.2, 0.25) is 5.78 Å². The summed E-state index contributed by atoms with van der Waals surface area (Å²) in [4.78, 5) is 36.2. The standard InChI is InChI=1S/C13H9ClN2O5/c14-10-4-3-8(16(19)20)6-9(10)13(18)21-7-12(17)11-2-1-5-15-11/h1-6,15H,7H2. The van der Waals surface area contributed by atoms with Crippen LogP contribution in [0.15, 0.2) is 36.5 Å². The van der Waals surface area contributed by atoms with Crippen molar-refractivity contribution in [3.05, 3.63) is 62.9 Å². The molecule has 0 fully saturated rings. The molecule has 108 valence electrons. The summed E-state index contributed by atoms with van der Waals surface area (Å²) in [5.74, 6) is -1.32. The summed E-state index contributed by atoms with van der Waals surface area (Å²) >= 11 is 5.80. The molecule has 1 heterocycles. The first kappa shape index (κ1) is 14.7. The molecule has 2 rings (SSSR count). The molecule has 1 aromatic carbocycles. The van der Waals surface area contributed by atoms with Crippen LogP contribution in [0, 0.1) is 10.1 Å². The summed E-state index contributed by atoms with van der Waals surface area (Å²) in [5, 5.41) is 10.7. The summed E-state index contributed by atoms with van der Waals surface area (Å²) < 4.78 is 4.81. The van der Waals surface area contributed by atoms with E-state index in [-0.39, 0.29) is 16.3 Å². The molecule has 0 atom stereocenters. The Morgan fingerprint density at radius 3 is 2.71 bits per heavy atom. The Morgan fingerprint density at radius 1 is 1.33 bits per heavy atom. The van der Waals surface area contributed by atoms with Crippen LogP contribution in [0.4, 0.5) is 5.69 Å². The number of nitro benzene ring substituents is 1. The zero-order chi connectivity index (χ0) is 15.4. The number of aromatic nitrogens is 1. The lowest BCUT2D eigenvalue weighted by molar-refractivity contribution is -0.384. The molecule has 7 nitrogen and oxygen atoms in total. The summed E-state index contributed by atoms with van der Waals surface area (Å²) in [6.07, 6.45) is 1.56. The van der Waals surface area contributed by atoms with Gasteiger partial charge in [0.15, 0.2) is 6.61 Å². The number of nitrogens with zero attached hydrogens (tertiary/aromatic N) is 1. The Kier molecular flexibility index (Phi) is 4.34. The van der Waals surface area contributed by atoms with Crippen molar-refractivity contribution in [2.45, 2.75) is 0 Å². The number of nitro groups is 1. The Hall–Kier alpha value is -2.67. The predicted octanol–water partition coefficient (Wildman–Crippen LogP) is 2.62. The van der Waals surface area contributed by atoms with Gasteiger partial charge in [-0.15, -0.1) is 0 Å². The number of halogens is 1. The van der Waals surface area contributed by atoms with E-state index >= 15 is 0 Å². The van der Waals surface area contributed by atoms with Crippen molar-refractivity contribution in [1.82, 2.24) is 4.98 Å². The maximum absolute atomic E-state index is 11.8. The molecule has 0 aliphatic rings. The highest BCUT2D eigenvalue weighted by Crippen LogP contribution is 2.22.